The van der Waals surface area contributed by atoms with E-state index in [9.17, 15) is 24.3 Å². The monoisotopic (exact) mass is 478 g/mol. The summed E-state index contributed by atoms with van der Waals surface area (Å²) < 4.78 is 0. The third kappa shape index (κ3) is 10.1. The van der Waals surface area contributed by atoms with Crippen LogP contribution in [-0.4, -0.2) is 70.7 Å². The average Bonchev–Trinajstić information content (AvgIpc) is 2.75. The van der Waals surface area contributed by atoms with Crippen LogP contribution in [0.25, 0.3) is 0 Å². The summed E-state index contributed by atoms with van der Waals surface area (Å²) in [6.45, 7) is 7.45. The van der Waals surface area contributed by atoms with Crippen molar-refractivity contribution >= 4 is 48.1 Å². The smallest absolute Gasteiger partial charge is 0.327 e. The first-order chi connectivity index (χ1) is 14.5. The fraction of sp³-hybridized carbons (Fsp3) is 0.800. The van der Waals surface area contributed by atoms with Gasteiger partial charge in [0, 0.05) is 5.75 Å². The zero-order valence-electron chi connectivity index (χ0n) is 19.0. The van der Waals surface area contributed by atoms with Crippen LogP contribution in [0.15, 0.2) is 0 Å². The number of nitrogens with one attached hydrogen (secondary N) is 3. The number of rotatable bonds is 15. The fourth-order valence-corrected chi connectivity index (χ4v) is 3.41. The number of carboxylic acids is 1. The van der Waals surface area contributed by atoms with Crippen molar-refractivity contribution in [3.05, 3.63) is 0 Å². The quantitative estimate of drug-likeness (QED) is 0.189. The lowest BCUT2D eigenvalue weighted by molar-refractivity contribution is -0.142. The lowest BCUT2D eigenvalue weighted by atomic mass is 9.97. The van der Waals surface area contributed by atoms with E-state index < -0.39 is 47.9 Å². The number of nitrogens with two attached hydrogens (primary N) is 1. The van der Waals surface area contributed by atoms with E-state index in [2.05, 4.69) is 28.6 Å². The summed E-state index contributed by atoms with van der Waals surface area (Å²) in [7, 11) is 0. The molecule has 0 aromatic rings. The predicted molar refractivity (Wildman–Crippen MR) is 127 cm³/mol. The van der Waals surface area contributed by atoms with Crippen molar-refractivity contribution in [2.45, 2.75) is 71.1 Å². The van der Waals surface area contributed by atoms with Gasteiger partial charge in [-0.3, -0.25) is 14.4 Å². The molecule has 0 heterocycles. The molecule has 0 aromatic carbocycles. The van der Waals surface area contributed by atoms with Crippen LogP contribution in [0.5, 0.6) is 0 Å². The van der Waals surface area contributed by atoms with Crippen molar-refractivity contribution < 1.29 is 24.3 Å². The Morgan fingerprint density at radius 3 is 1.94 bits per heavy atom. The number of aliphatic carboxylic acids is 1. The molecule has 6 N–H and O–H groups in total. The summed E-state index contributed by atoms with van der Waals surface area (Å²) in [4.78, 5) is 49.4. The Hall–Kier alpha value is -1.46. The van der Waals surface area contributed by atoms with E-state index >= 15 is 0 Å². The van der Waals surface area contributed by atoms with Gasteiger partial charge < -0.3 is 26.8 Å². The van der Waals surface area contributed by atoms with Crippen molar-refractivity contribution in [1.82, 2.24) is 16.0 Å². The average molecular weight is 479 g/mol. The Kier molecular flexibility index (Phi) is 14.6. The Morgan fingerprint density at radius 1 is 0.935 bits per heavy atom. The van der Waals surface area contributed by atoms with Crippen LogP contribution < -0.4 is 21.7 Å². The lowest BCUT2D eigenvalue weighted by Gasteiger charge is -2.28. The van der Waals surface area contributed by atoms with Crippen molar-refractivity contribution in [2.75, 3.05) is 17.8 Å². The maximum absolute atomic E-state index is 13.0. The zero-order valence-corrected chi connectivity index (χ0v) is 20.7. The molecule has 6 atom stereocenters. The molecule has 0 aliphatic carbocycles. The van der Waals surface area contributed by atoms with E-state index in [1.807, 2.05) is 27.0 Å². The standard InChI is InChI=1S/C20H38N4O5S2/c1-6-11(3)15(21)18(26)22-13(8-9-31-5)17(25)24-16(12(4)7-2)19(27)23-14(10-30)20(28)29/h11-16,30H,6-10,21H2,1-5H3,(H,22,26)(H,23,27)(H,24,25)(H,28,29). The molecule has 0 saturated heterocycles. The van der Waals surface area contributed by atoms with Crippen LogP contribution in [0.4, 0.5) is 0 Å². The van der Waals surface area contributed by atoms with Crippen molar-refractivity contribution in [2.24, 2.45) is 17.6 Å². The van der Waals surface area contributed by atoms with E-state index in [-0.39, 0.29) is 17.6 Å². The number of hydrogen-bond donors (Lipinski definition) is 6. The molecule has 0 aliphatic heterocycles. The van der Waals surface area contributed by atoms with Gasteiger partial charge in [0.25, 0.3) is 0 Å². The van der Waals surface area contributed by atoms with Crippen LogP contribution >= 0.6 is 24.4 Å². The number of amides is 3. The molecule has 9 nitrogen and oxygen atoms in total. The summed E-state index contributed by atoms with van der Waals surface area (Å²) in [6, 6.07) is -3.71. The van der Waals surface area contributed by atoms with Gasteiger partial charge in [-0.15, -0.1) is 0 Å². The molecule has 180 valence electrons. The lowest BCUT2D eigenvalue weighted by Crippen LogP contribution is -2.59. The second kappa shape index (κ2) is 15.4. The highest BCUT2D eigenvalue weighted by atomic mass is 32.2. The SMILES string of the molecule is CCC(C)C(N)C(=O)NC(CCSC)C(=O)NC(C(=O)NC(CS)C(=O)O)C(C)CC. The minimum absolute atomic E-state index is 0.0444. The zero-order chi connectivity index (χ0) is 24.1. The topological polar surface area (TPSA) is 151 Å². The molecule has 31 heavy (non-hydrogen) atoms. The molecule has 0 spiro atoms. The Labute approximate surface area is 194 Å². The Bertz CT molecular complexity index is 608. The summed E-state index contributed by atoms with van der Waals surface area (Å²) in [5, 5.41) is 17.0. The first kappa shape index (κ1) is 29.5. The Balaban J connectivity index is 5.46. The van der Waals surface area contributed by atoms with Gasteiger partial charge in [0.05, 0.1) is 6.04 Å². The molecular weight excluding hydrogens is 440 g/mol. The van der Waals surface area contributed by atoms with Crippen LogP contribution in [0.2, 0.25) is 0 Å². The second-order valence-corrected chi connectivity index (χ2v) is 9.06. The molecule has 0 radical (unpaired) electrons. The third-order valence-corrected chi connectivity index (χ3v) is 6.40. The summed E-state index contributed by atoms with van der Waals surface area (Å²) in [6.07, 6.45) is 3.57. The number of thiol groups is 1. The Morgan fingerprint density at radius 2 is 1.48 bits per heavy atom. The summed E-state index contributed by atoms with van der Waals surface area (Å²) >= 11 is 5.48. The number of carbonyl (C=O) groups is 4. The maximum Gasteiger partial charge on any atom is 0.327 e. The highest BCUT2D eigenvalue weighted by Crippen LogP contribution is 2.11. The third-order valence-electron chi connectivity index (χ3n) is 5.39. The summed E-state index contributed by atoms with van der Waals surface area (Å²) in [5.41, 5.74) is 5.99. The van der Waals surface area contributed by atoms with Crippen LogP contribution in [0.3, 0.4) is 0 Å². The van der Waals surface area contributed by atoms with Gasteiger partial charge in [-0.1, -0.05) is 40.5 Å². The molecule has 3 amide bonds. The molecule has 0 fully saturated rings. The molecular formula is C20H38N4O5S2. The number of carboxylic acid groups (broad SMARTS) is 1. The first-order valence-corrected chi connectivity index (χ1v) is 12.6. The summed E-state index contributed by atoms with van der Waals surface area (Å²) in [5.74, 6) is -2.48. The van der Waals surface area contributed by atoms with Gasteiger partial charge >= 0.3 is 5.97 Å². The van der Waals surface area contributed by atoms with Gasteiger partial charge in [-0.2, -0.15) is 24.4 Å². The molecule has 0 aliphatic rings. The molecule has 6 unspecified atom stereocenters. The largest absolute Gasteiger partial charge is 0.480 e. The first-order valence-electron chi connectivity index (χ1n) is 10.5. The molecule has 0 rings (SSSR count). The highest BCUT2D eigenvalue weighted by Gasteiger charge is 2.32. The van der Waals surface area contributed by atoms with Gasteiger partial charge in [-0.05, 0) is 30.3 Å². The fourth-order valence-electron chi connectivity index (χ4n) is 2.69. The van der Waals surface area contributed by atoms with Crippen molar-refractivity contribution in [1.29, 1.82) is 0 Å². The van der Waals surface area contributed by atoms with Crippen LogP contribution in [0, 0.1) is 11.8 Å². The van der Waals surface area contributed by atoms with Gasteiger partial charge in [0.15, 0.2) is 0 Å². The molecule has 0 aromatic heterocycles. The number of carbonyl (C=O) groups excluding carboxylic acids is 3. The van der Waals surface area contributed by atoms with Gasteiger partial charge in [-0.25, -0.2) is 4.79 Å². The second-order valence-electron chi connectivity index (χ2n) is 7.71. The molecule has 0 bridgehead atoms. The number of hydrogen-bond acceptors (Lipinski definition) is 7. The van der Waals surface area contributed by atoms with Crippen molar-refractivity contribution in [3.63, 3.8) is 0 Å². The predicted octanol–water partition coefficient (Wildman–Crippen LogP) is 0.628. The minimum atomic E-state index is -1.21. The maximum atomic E-state index is 13.0. The van der Waals surface area contributed by atoms with Crippen LogP contribution in [0.1, 0.15) is 47.0 Å². The van der Waals surface area contributed by atoms with Gasteiger partial charge in [0.2, 0.25) is 17.7 Å². The van der Waals surface area contributed by atoms with Crippen molar-refractivity contribution in [3.8, 4) is 0 Å². The molecule has 11 heteroatoms. The van der Waals surface area contributed by atoms with Gasteiger partial charge in [0.1, 0.15) is 18.1 Å². The van der Waals surface area contributed by atoms with E-state index in [1.165, 1.54) is 11.8 Å². The van der Waals surface area contributed by atoms with E-state index in [1.54, 1.807) is 6.92 Å². The highest BCUT2D eigenvalue weighted by molar-refractivity contribution is 7.98. The van der Waals surface area contributed by atoms with Crippen LogP contribution in [-0.2, 0) is 19.2 Å². The number of thioether (sulfide) groups is 1. The van der Waals surface area contributed by atoms with E-state index in [0.29, 0.717) is 18.6 Å². The van der Waals surface area contributed by atoms with E-state index in [4.69, 9.17) is 5.73 Å². The minimum Gasteiger partial charge on any atom is -0.480 e. The normalized spacial score (nSPS) is 16.9. The molecule has 0 saturated carbocycles. The van der Waals surface area contributed by atoms with E-state index in [0.717, 1.165) is 6.42 Å².